The molecule has 12 heavy (non-hydrogen) atoms. The highest BCUT2D eigenvalue weighted by atomic mass is 35.5. The molecule has 0 fully saturated rings. The number of hydrogen-bond donors (Lipinski definition) is 1. The van der Waals surface area contributed by atoms with Crippen LogP contribution in [0, 0.1) is 0 Å². The molecular weight excluding hydrogens is 190 g/mol. The Morgan fingerprint density at radius 1 is 1.58 bits per heavy atom. The second kappa shape index (κ2) is 4.43. The smallest absolute Gasteiger partial charge is 0.0543 e. The summed E-state index contributed by atoms with van der Waals surface area (Å²) in [6.07, 6.45) is 1.84. The van der Waals surface area contributed by atoms with E-state index in [1.807, 2.05) is 18.2 Å². The Balaban J connectivity index is 2.82. The summed E-state index contributed by atoms with van der Waals surface area (Å²) in [6.45, 7) is 3.63. The first-order valence-corrected chi connectivity index (χ1v) is 4.89. The predicted octanol–water partition coefficient (Wildman–Crippen LogP) is 3.20. The van der Waals surface area contributed by atoms with Crippen molar-refractivity contribution in [3.05, 3.63) is 35.9 Å². The molecule has 1 aromatic rings. The molecular formula is C9H10ClNS. The zero-order valence-corrected chi connectivity index (χ0v) is 8.16. The van der Waals surface area contributed by atoms with E-state index in [1.165, 1.54) is 0 Å². The maximum Gasteiger partial charge on any atom is 0.0543 e. The van der Waals surface area contributed by atoms with Gasteiger partial charge in [0.2, 0.25) is 0 Å². The fourth-order valence-electron chi connectivity index (χ4n) is 0.779. The highest BCUT2D eigenvalue weighted by Gasteiger charge is 1.99. The van der Waals surface area contributed by atoms with Gasteiger partial charge in [-0.05, 0) is 18.2 Å². The van der Waals surface area contributed by atoms with Crippen molar-refractivity contribution in [3.8, 4) is 0 Å². The summed E-state index contributed by atoms with van der Waals surface area (Å²) < 4.78 is 0. The van der Waals surface area contributed by atoms with E-state index in [9.17, 15) is 0 Å². The monoisotopic (exact) mass is 199 g/mol. The number of hydrogen-bond acceptors (Lipinski definition) is 2. The normalized spacial score (nSPS) is 9.75. The molecule has 1 rings (SSSR count). The molecule has 0 heterocycles. The Hall–Kier alpha value is -0.600. The van der Waals surface area contributed by atoms with Gasteiger partial charge in [0.25, 0.3) is 0 Å². The van der Waals surface area contributed by atoms with Crippen LogP contribution in [0.15, 0.2) is 35.7 Å². The van der Waals surface area contributed by atoms with E-state index in [0.29, 0.717) is 0 Å². The van der Waals surface area contributed by atoms with Gasteiger partial charge in [-0.3, -0.25) is 0 Å². The van der Waals surface area contributed by atoms with Crippen molar-refractivity contribution < 1.29 is 0 Å². The largest absolute Gasteiger partial charge is 0.399 e. The summed E-state index contributed by atoms with van der Waals surface area (Å²) in [6, 6.07) is 5.47. The molecule has 0 saturated heterocycles. The summed E-state index contributed by atoms with van der Waals surface area (Å²) in [5.41, 5.74) is 6.34. The van der Waals surface area contributed by atoms with E-state index >= 15 is 0 Å². The third-order valence-corrected chi connectivity index (χ3v) is 2.80. The van der Waals surface area contributed by atoms with Crippen LogP contribution < -0.4 is 5.73 Å². The lowest BCUT2D eigenvalue weighted by Crippen LogP contribution is -1.85. The van der Waals surface area contributed by atoms with Crippen LogP contribution in [0.1, 0.15) is 0 Å². The number of benzene rings is 1. The number of halogens is 1. The highest BCUT2D eigenvalue weighted by molar-refractivity contribution is 7.99. The van der Waals surface area contributed by atoms with Crippen LogP contribution in [0.4, 0.5) is 5.69 Å². The van der Waals surface area contributed by atoms with Crippen LogP contribution >= 0.6 is 23.4 Å². The number of thioether (sulfide) groups is 1. The van der Waals surface area contributed by atoms with E-state index in [2.05, 4.69) is 6.58 Å². The average molecular weight is 200 g/mol. The molecule has 1 aromatic carbocycles. The molecule has 0 bridgehead atoms. The number of rotatable bonds is 3. The number of anilines is 1. The summed E-state index contributed by atoms with van der Waals surface area (Å²) in [4.78, 5) is 1.01. The SMILES string of the molecule is C=CCSc1cc(N)ccc1Cl. The van der Waals surface area contributed by atoms with Gasteiger partial charge in [0.15, 0.2) is 0 Å². The molecule has 0 aliphatic heterocycles. The van der Waals surface area contributed by atoms with Gasteiger partial charge in [0.05, 0.1) is 5.02 Å². The third kappa shape index (κ3) is 2.47. The molecule has 3 heteroatoms. The molecule has 0 atom stereocenters. The fourth-order valence-corrected chi connectivity index (χ4v) is 1.78. The van der Waals surface area contributed by atoms with Gasteiger partial charge in [0, 0.05) is 16.3 Å². The topological polar surface area (TPSA) is 26.0 Å². The summed E-state index contributed by atoms with van der Waals surface area (Å²) >= 11 is 7.55. The van der Waals surface area contributed by atoms with Crippen LogP contribution in [0.5, 0.6) is 0 Å². The van der Waals surface area contributed by atoms with Crippen LogP contribution in [-0.2, 0) is 0 Å². The van der Waals surface area contributed by atoms with Gasteiger partial charge < -0.3 is 5.73 Å². The van der Waals surface area contributed by atoms with Crippen LogP contribution in [-0.4, -0.2) is 5.75 Å². The Morgan fingerprint density at radius 3 is 3.00 bits per heavy atom. The molecule has 64 valence electrons. The van der Waals surface area contributed by atoms with Crippen molar-refractivity contribution in [3.63, 3.8) is 0 Å². The van der Waals surface area contributed by atoms with Gasteiger partial charge in [0.1, 0.15) is 0 Å². The van der Waals surface area contributed by atoms with Gasteiger partial charge >= 0.3 is 0 Å². The fraction of sp³-hybridized carbons (Fsp3) is 0.111. The molecule has 0 amide bonds. The number of nitrogen functional groups attached to an aromatic ring is 1. The lowest BCUT2D eigenvalue weighted by atomic mass is 10.3. The molecule has 0 aliphatic carbocycles. The first kappa shape index (κ1) is 9.49. The minimum atomic E-state index is 0.742. The van der Waals surface area contributed by atoms with Crippen molar-refractivity contribution in [2.24, 2.45) is 0 Å². The second-order valence-electron chi connectivity index (χ2n) is 2.29. The van der Waals surface area contributed by atoms with E-state index in [4.69, 9.17) is 17.3 Å². The third-order valence-electron chi connectivity index (χ3n) is 1.31. The summed E-state index contributed by atoms with van der Waals surface area (Å²) in [5.74, 6) is 0.850. The van der Waals surface area contributed by atoms with Gasteiger partial charge in [-0.15, -0.1) is 18.3 Å². The molecule has 0 unspecified atom stereocenters. The minimum absolute atomic E-state index is 0.742. The summed E-state index contributed by atoms with van der Waals surface area (Å²) in [7, 11) is 0. The van der Waals surface area contributed by atoms with Gasteiger partial charge in [-0.2, -0.15) is 0 Å². The van der Waals surface area contributed by atoms with E-state index < -0.39 is 0 Å². The lowest BCUT2D eigenvalue weighted by Gasteiger charge is -2.02. The van der Waals surface area contributed by atoms with Crippen molar-refractivity contribution in [2.45, 2.75) is 4.90 Å². The van der Waals surface area contributed by atoms with Crippen LogP contribution in [0.2, 0.25) is 5.02 Å². The average Bonchev–Trinajstić information content (AvgIpc) is 2.07. The van der Waals surface area contributed by atoms with Crippen LogP contribution in [0.3, 0.4) is 0 Å². The molecule has 0 radical (unpaired) electrons. The van der Waals surface area contributed by atoms with E-state index in [-0.39, 0.29) is 0 Å². The molecule has 1 nitrogen and oxygen atoms in total. The zero-order valence-electron chi connectivity index (χ0n) is 6.59. The predicted molar refractivity (Wildman–Crippen MR) is 56.8 cm³/mol. The molecule has 2 N–H and O–H groups in total. The molecule has 0 aliphatic rings. The van der Waals surface area contributed by atoms with E-state index in [1.54, 1.807) is 17.8 Å². The van der Waals surface area contributed by atoms with E-state index in [0.717, 1.165) is 21.4 Å². The maximum absolute atomic E-state index is 5.92. The Bertz CT molecular complexity index is 286. The zero-order chi connectivity index (χ0) is 8.97. The Kier molecular flexibility index (Phi) is 3.50. The molecule has 0 saturated carbocycles. The molecule has 0 spiro atoms. The highest BCUT2D eigenvalue weighted by Crippen LogP contribution is 2.28. The van der Waals surface area contributed by atoms with Crippen molar-refractivity contribution in [1.82, 2.24) is 0 Å². The van der Waals surface area contributed by atoms with Crippen LogP contribution in [0.25, 0.3) is 0 Å². The number of nitrogens with two attached hydrogens (primary N) is 1. The first-order chi connectivity index (χ1) is 5.74. The Morgan fingerprint density at radius 2 is 2.33 bits per heavy atom. The first-order valence-electron chi connectivity index (χ1n) is 3.52. The van der Waals surface area contributed by atoms with Gasteiger partial charge in [-0.25, -0.2) is 0 Å². The lowest BCUT2D eigenvalue weighted by molar-refractivity contribution is 1.46. The molecule has 0 aromatic heterocycles. The van der Waals surface area contributed by atoms with Gasteiger partial charge in [-0.1, -0.05) is 17.7 Å². The second-order valence-corrected chi connectivity index (χ2v) is 3.76. The quantitative estimate of drug-likeness (QED) is 0.460. The minimum Gasteiger partial charge on any atom is -0.399 e. The van der Waals surface area contributed by atoms with Crippen molar-refractivity contribution >= 4 is 29.1 Å². The van der Waals surface area contributed by atoms with Crippen molar-refractivity contribution in [1.29, 1.82) is 0 Å². The standard InChI is InChI=1S/C9H10ClNS/c1-2-5-12-9-6-7(11)3-4-8(9)10/h2-4,6H,1,5,11H2. The Labute approximate surface area is 81.6 Å². The summed E-state index contributed by atoms with van der Waals surface area (Å²) in [5, 5.41) is 0.746. The van der Waals surface area contributed by atoms with Crippen molar-refractivity contribution in [2.75, 3.05) is 11.5 Å². The maximum atomic E-state index is 5.92.